The van der Waals surface area contributed by atoms with Crippen LogP contribution in [0.3, 0.4) is 0 Å². The Kier molecular flexibility index (Phi) is 4.14. The zero-order valence-corrected chi connectivity index (χ0v) is 14.5. The van der Waals surface area contributed by atoms with Gasteiger partial charge in [0.05, 0.1) is 27.3 Å². The highest BCUT2D eigenvalue weighted by Crippen LogP contribution is 2.30. The van der Waals surface area contributed by atoms with Crippen molar-refractivity contribution in [3.8, 4) is 0 Å². The van der Waals surface area contributed by atoms with E-state index < -0.39 is 0 Å². The highest BCUT2D eigenvalue weighted by Gasteiger charge is 2.19. The minimum absolute atomic E-state index is 0.177. The van der Waals surface area contributed by atoms with Gasteiger partial charge in [0.15, 0.2) is 0 Å². The first-order valence-electron chi connectivity index (χ1n) is 6.59. The van der Waals surface area contributed by atoms with Crippen LogP contribution in [0.2, 0.25) is 10.0 Å². The molecule has 0 spiro atoms. The molecule has 1 aromatic carbocycles. The van der Waals surface area contributed by atoms with Gasteiger partial charge in [0.2, 0.25) is 0 Å². The number of carbonyl (C=O) groups excluding carboxylic acids is 1. The first-order chi connectivity index (χ1) is 10.9. The molecule has 0 radical (unpaired) electrons. The van der Waals surface area contributed by atoms with E-state index >= 15 is 0 Å². The normalized spacial score (nSPS) is 11.0. The predicted octanol–water partition coefficient (Wildman–Crippen LogP) is 3.86. The molecule has 118 valence electrons. The van der Waals surface area contributed by atoms with E-state index in [9.17, 15) is 9.59 Å². The molecule has 3 rings (SSSR count). The van der Waals surface area contributed by atoms with Crippen molar-refractivity contribution in [3.05, 3.63) is 55.4 Å². The summed E-state index contributed by atoms with van der Waals surface area (Å²) in [5.41, 5.74) is 0.847. The highest BCUT2D eigenvalue weighted by molar-refractivity contribution is 7.20. The first kappa shape index (κ1) is 16.0. The topological polar surface area (TPSA) is 64.0 Å². The molecule has 0 fully saturated rings. The van der Waals surface area contributed by atoms with Crippen LogP contribution in [0, 0.1) is 6.92 Å². The monoisotopic (exact) mass is 367 g/mol. The van der Waals surface area contributed by atoms with Gasteiger partial charge in [-0.3, -0.25) is 9.59 Å². The predicted molar refractivity (Wildman–Crippen MR) is 94.0 cm³/mol. The van der Waals surface area contributed by atoms with E-state index in [0.29, 0.717) is 36.4 Å². The van der Waals surface area contributed by atoms with E-state index in [1.165, 1.54) is 22.2 Å². The van der Waals surface area contributed by atoms with Crippen molar-refractivity contribution < 1.29 is 4.79 Å². The molecule has 0 aliphatic rings. The van der Waals surface area contributed by atoms with Crippen molar-refractivity contribution in [1.82, 2.24) is 9.55 Å². The third kappa shape index (κ3) is 2.85. The fourth-order valence-electron chi connectivity index (χ4n) is 2.20. The second-order valence-corrected chi connectivity index (χ2v) is 6.82. The van der Waals surface area contributed by atoms with E-state index in [2.05, 4.69) is 10.3 Å². The summed E-state index contributed by atoms with van der Waals surface area (Å²) < 4.78 is 1.39. The Morgan fingerprint density at radius 2 is 2.09 bits per heavy atom. The van der Waals surface area contributed by atoms with Crippen molar-refractivity contribution >= 4 is 56.3 Å². The van der Waals surface area contributed by atoms with E-state index in [1.807, 2.05) is 0 Å². The molecular weight excluding hydrogens is 357 g/mol. The molecule has 5 nitrogen and oxygen atoms in total. The molecule has 0 saturated heterocycles. The van der Waals surface area contributed by atoms with Crippen LogP contribution >= 0.6 is 34.5 Å². The lowest BCUT2D eigenvalue weighted by Gasteiger charge is -2.07. The number of hydrogen-bond acceptors (Lipinski definition) is 4. The Hall–Kier alpha value is -1.89. The SMILES string of the molecule is Cc1c(C(=O)Nc2cc(Cl)ccc2Cl)sc2ncn(C)c(=O)c12. The van der Waals surface area contributed by atoms with Crippen LogP contribution in [0.5, 0.6) is 0 Å². The molecule has 0 aliphatic heterocycles. The van der Waals surface area contributed by atoms with Crippen molar-refractivity contribution in [1.29, 1.82) is 0 Å². The first-order valence-corrected chi connectivity index (χ1v) is 8.17. The Morgan fingerprint density at radius 3 is 2.83 bits per heavy atom. The van der Waals surface area contributed by atoms with Crippen LogP contribution in [0.4, 0.5) is 5.69 Å². The van der Waals surface area contributed by atoms with Gasteiger partial charge in [-0.2, -0.15) is 0 Å². The lowest BCUT2D eigenvalue weighted by molar-refractivity contribution is 0.103. The zero-order chi connectivity index (χ0) is 16.7. The Labute approximate surface area is 145 Å². The maximum absolute atomic E-state index is 12.5. The molecular formula is C15H11Cl2N3O2S. The van der Waals surface area contributed by atoms with E-state index in [-0.39, 0.29) is 11.5 Å². The number of carbonyl (C=O) groups is 1. The van der Waals surface area contributed by atoms with Gasteiger partial charge in [-0.25, -0.2) is 4.98 Å². The minimum Gasteiger partial charge on any atom is -0.320 e. The van der Waals surface area contributed by atoms with Crippen molar-refractivity contribution in [2.45, 2.75) is 6.92 Å². The van der Waals surface area contributed by atoms with Crippen molar-refractivity contribution in [3.63, 3.8) is 0 Å². The third-order valence-corrected chi connectivity index (χ3v) is 5.16. The van der Waals surface area contributed by atoms with Gasteiger partial charge in [-0.05, 0) is 30.7 Å². The number of amides is 1. The van der Waals surface area contributed by atoms with Gasteiger partial charge in [-0.15, -0.1) is 11.3 Å². The van der Waals surface area contributed by atoms with Crippen LogP contribution in [0.25, 0.3) is 10.2 Å². The molecule has 23 heavy (non-hydrogen) atoms. The minimum atomic E-state index is -0.350. The van der Waals surface area contributed by atoms with Gasteiger partial charge in [-0.1, -0.05) is 23.2 Å². The molecule has 0 aliphatic carbocycles. The van der Waals surface area contributed by atoms with Crippen LogP contribution in [0.1, 0.15) is 15.2 Å². The van der Waals surface area contributed by atoms with Gasteiger partial charge in [0.1, 0.15) is 4.83 Å². The van der Waals surface area contributed by atoms with Crippen molar-refractivity contribution in [2.75, 3.05) is 5.32 Å². The van der Waals surface area contributed by atoms with E-state index in [4.69, 9.17) is 23.2 Å². The number of nitrogens with one attached hydrogen (secondary N) is 1. The number of benzene rings is 1. The highest BCUT2D eigenvalue weighted by atomic mass is 35.5. The summed E-state index contributed by atoms with van der Waals surface area (Å²) in [5.74, 6) is -0.350. The summed E-state index contributed by atoms with van der Waals surface area (Å²) in [6.07, 6.45) is 1.44. The average Bonchev–Trinajstić information content (AvgIpc) is 2.84. The second kappa shape index (κ2) is 5.96. The number of rotatable bonds is 2. The maximum atomic E-state index is 12.5. The summed E-state index contributed by atoms with van der Waals surface area (Å²) >= 11 is 13.1. The molecule has 2 heterocycles. The van der Waals surface area contributed by atoms with Gasteiger partial charge >= 0.3 is 0 Å². The molecule has 0 atom stereocenters. The van der Waals surface area contributed by atoms with E-state index in [0.717, 1.165) is 0 Å². The van der Waals surface area contributed by atoms with Gasteiger partial charge in [0, 0.05) is 12.1 Å². The lowest BCUT2D eigenvalue weighted by atomic mass is 10.2. The zero-order valence-electron chi connectivity index (χ0n) is 12.2. The summed E-state index contributed by atoms with van der Waals surface area (Å²) in [5, 5.41) is 4.03. The average molecular weight is 368 g/mol. The molecule has 2 aromatic heterocycles. The number of hydrogen-bond donors (Lipinski definition) is 1. The number of fused-ring (bicyclic) bond motifs is 1. The fraction of sp³-hybridized carbons (Fsp3) is 0.133. The smallest absolute Gasteiger partial charge is 0.266 e. The summed E-state index contributed by atoms with van der Waals surface area (Å²) in [4.78, 5) is 29.9. The molecule has 0 bridgehead atoms. The summed E-state index contributed by atoms with van der Waals surface area (Å²) in [6, 6.07) is 4.81. The Balaban J connectivity index is 2.05. The van der Waals surface area contributed by atoms with Crippen LogP contribution in [-0.2, 0) is 7.05 Å². The second-order valence-electron chi connectivity index (χ2n) is 4.98. The molecule has 0 unspecified atom stereocenters. The maximum Gasteiger partial charge on any atom is 0.266 e. The van der Waals surface area contributed by atoms with E-state index in [1.54, 1.807) is 32.2 Å². The largest absolute Gasteiger partial charge is 0.320 e. The summed E-state index contributed by atoms with van der Waals surface area (Å²) in [6.45, 7) is 1.73. The number of aryl methyl sites for hydroxylation is 2. The molecule has 0 saturated carbocycles. The number of nitrogens with zero attached hydrogens (tertiary/aromatic N) is 2. The standard InChI is InChI=1S/C15H11Cl2N3O2S/c1-7-11-14(18-6-20(2)15(11)22)23-12(7)13(21)19-10-5-8(16)3-4-9(10)17/h3-6H,1-2H3,(H,19,21). The molecule has 8 heteroatoms. The molecule has 1 N–H and O–H groups in total. The lowest BCUT2D eigenvalue weighted by Crippen LogP contribution is -2.17. The van der Waals surface area contributed by atoms with Gasteiger partial charge < -0.3 is 9.88 Å². The van der Waals surface area contributed by atoms with Crippen LogP contribution in [0.15, 0.2) is 29.3 Å². The quantitative estimate of drug-likeness (QED) is 0.747. The van der Waals surface area contributed by atoms with Gasteiger partial charge in [0.25, 0.3) is 11.5 Å². The molecule has 3 aromatic rings. The Morgan fingerprint density at radius 1 is 1.35 bits per heavy atom. The third-order valence-electron chi connectivity index (χ3n) is 3.39. The fourth-order valence-corrected chi connectivity index (χ4v) is 3.57. The molecule has 1 amide bonds. The Bertz CT molecular complexity index is 994. The van der Waals surface area contributed by atoms with Crippen LogP contribution < -0.4 is 10.9 Å². The number of aromatic nitrogens is 2. The number of halogens is 2. The number of thiophene rings is 1. The summed E-state index contributed by atoms with van der Waals surface area (Å²) in [7, 11) is 1.62. The van der Waals surface area contributed by atoms with Crippen molar-refractivity contribution in [2.24, 2.45) is 7.05 Å². The van der Waals surface area contributed by atoms with Crippen LogP contribution in [-0.4, -0.2) is 15.5 Å². The number of anilines is 1.